The summed E-state index contributed by atoms with van der Waals surface area (Å²) in [4.78, 5) is 33.6. The van der Waals surface area contributed by atoms with Crippen molar-refractivity contribution in [3.05, 3.63) is 34.4 Å². The van der Waals surface area contributed by atoms with Crippen molar-refractivity contribution in [2.45, 2.75) is 53.4 Å². The number of nitrogens with zero attached hydrogens (tertiary/aromatic N) is 1. The largest absolute Gasteiger partial charge is 0.449 e. The molecule has 0 saturated heterocycles. The Kier molecular flexibility index (Phi) is 10.7. The molecule has 8 heteroatoms. The second kappa shape index (κ2) is 12.7. The lowest BCUT2D eigenvalue weighted by Crippen LogP contribution is -2.29. The topological polar surface area (TPSA) is 108 Å². The molecule has 1 rings (SSSR count). The molecule has 1 aromatic rings. The van der Waals surface area contributed by atoms with Gasteiger partial charge in [0.05, 0.1) is 11.5 Å². The fourth-order valence-electron chi connectivity index (χ4n) is 2.75. The second-order valence-corrected chi connectivity index (χ2v) is 7.43. The molecule has 0 aliphatic rings. The van der Waals surface area contributed by atoms with Crippen LogP contribution in [0.2, 0.25) is 0 Å². The molecule has 0 aromatic heterocycles. The van der Waals surface area contributed by atoms with E-state index in [4.69, 9.17) is 9.47 Å². The minimum absolute atomic E-state index is 0.0634. The van der Waals surface area contributed by atoms with Gasteiger partial charge in [-0.1, -0.05) is 34.1 Å². The van der Waals surface area contributed by atoms with E-state index in [1.807, 2.05) is 0 Å². The SMILES string of the molecule is CCC(C)C(C)C(C)COC(=O)NCCCCC(=O)Oc1ccc([N+](=O)[O-])cc1. The molecule has 0 radical (unpaired) electrons. The molecule has 1 N–H and O–H groups in total. The smallest absolute Gasteiger partial charge is 0.407 e. The Morgan fingerprint density at radius 3 is 2.34 bits per heavy atom. The number of carbonyl (C=O) groups is 2. The number of esters is 1. The van der Waals surface area contributed by atoms with Crippen molar-refractivity contribution in [1.29, 1.82) is 0 Å². The van der Waals surface area contributed by atoms with Crippen LogP contribution in [0.3, 0.4) is 0 Å². The van der Waals surface area contributed by atoms with Gasteiger partial charge in [-0.3, -0.25) is 14.9 Å². The molecule has 1 aromatic carbocycles. The Hall–Kier alpha value is -2.64. The van der Waals surface area contributed by atoms with Crippen LogP contribution < -0.4 is 10.1 Å². The summed E-state index contributed by atoms with van der Waals surface area (Å²) >= 11 is 0. The third-order valence-electron chi connectivity index (χ3n) is 5.27. The van der Waals surface area contributed by atoms with Crippen LogP contribution in [0.1, 0.15) is 53.4 Å². The number of ether oxygens (including phenoxy) is 2. The fourth-order valence-corrected chi connectivity index (χ4v) is 2.75. The first-order valence-electron chi connectivity index (χ1n) is 10.1. The van der Waals surface area contributed by atoms with E-state index in [-0.39, 0.29) is 17.9 Å². The maximum Gasteiger partial charge on any atom is 0.407 e. The Labute approximate surface area is 172 Å². The number of nitro groups is 1. The van der Waals surface area contributed by atoms with E-state index < -0.39 is 17.0 Å². The van der Waals surface area contributed by atoms with Crippen LogP contribution in [0.15, 0.2) is 24.3 Å². The maximum absolute atomic E-state index is 11.8. The standard InChI is InChI=1S/C21H32N2O6/c1-5-15(2)17(4)16(3)14-28-21(25)22-13-7-6-8-20(24)29-19-11-9-18(10-12-19)23(26)27/h9-12,15-17H,5-8,13-14H2,1-4H3,(H,22,25). The first-order chi connectivity index (χ1) is 13.7. The number of rotatable bonds is 12. The summed E-state index contributed by atoms with van der Waals surface area (Å²) in [5.74, 6) is 1.21. The number of amides is 1. The average molecular weight is 408 g/mol. The van der Waals surface area contributed by atoms with Crippen molar-refractivity contribution >= 4 is 17.7 Å². The number of carbonyl (C=O) groups excluding carboxylic acids is 2. The highest BCUT2D eigenvalue weighted by Crippen LogP contribution is 2.23. The van der Waals surface area contributed by atoms with Gasteiger partial charge in [0.15, 0.2) is 0 Å². The van der Waals surface area contributed by atoms with E-state index in [1.54, 1.807) is 0 Å². The first kappa shape index (κ1) is 24.4. The number of nitrogens with one attached hydrogen (secondary N) is 1. The molecule has 0 heterocycles. The second-order valence-electron chi connectivity index (χ2n) is 7.43. The summed E-state index contributed by atoms with van der Waals surface area (Å²) in [5.41, 5.74) is -0.0634. The van der Waals surface area contributed by atoms with E-state index >= 15 is 0 Å². The zero-order valence-corrected chi connectivity index (χ0v) is 17.7. The van der Waals surface area contributed by atoms with Gasteiger partial charge in [0.1, 0.15) is 5.75 Å². The van der Waals surface area contributed by atoms with Crippen LogP contribution in [0.25, 0.3) is 0 Å². The van der Waals surface area contributed by atoms with Crippen LogP contribution in [0, 0.1) is 27.9 Å². The molecule has 0 bridgehead atoms. The summed E-state index contributed by atoms with van der Waals surface area (Å²) < 4.78 is 10.4. The van der Waals surface area contributed by atoms with Gasteiger partial charge in [-0.25, -0.2) is 4.79 Å². The molecule has 1 amide bonds. The Morgan fingerprint density at radius 2 is 1.76 bits per heavy atom. The summed E-state index contributed by atoms with van der Waals surface area (Å²) in [5, 5.41) is 13.3. The number of benzene rings is 1. The van der Waals surface area contributed by atoms with Gasteiger partial charge in [-0.05, 0) is 42.7 Å². The zero-order chi connectivity index (χ0) is 21.8. The van der Waals surface area contributed by atoms with Gasteiger partial charge in [0.2, 0.25) is 0 Å². The monoisotopic (exact) mass is 408 g/mol. The van der Waals surface area contributed by atoms with Crippen molar-refractivity contribution in [3.63, 3.8) is 0 Å². The Balaban J connectivity index is 2.15. The molecule has 0 fully saturated rings. The minimum atomic E-state index is -0.517. The molecule has 0 spiro atoms. The van der Waals surface area contributed by atoms with E-state index in [0.717, 1.165) is 6.42 Å². The Bertz CT molecular complexity index is 662. The van der Waals surface area contributed by atoms with Gasteiger partial charge in [0.25, 0.3) is 5.69 Å². The van der Waals surface area contributed by atoms with Crippen molar-refractivity contribution in [2.75, 3.05) is 13.2 Å². The minimum Gasteiger partial charge on any atom is -0.449 e. The normalized spacial score (nSPS) is 13.8. The van der Waals surface area contributed by atoms with Crippen LogP contribution in [0.5, 0.6) is 5.75 Å². The molecule has 3 unspecified atom stereocenters. The molecule has 0 aliphatic heterocycles. The quantitative estimate of drug-likeness (QED) is 0.176. The van der Waals surface area contributed by atoms with Crippen molar-refractivity contribution in [3.8, 4) is 5.75 Å². The number of hydrogen-bond donors (Lipinski definition) is 1. The molecule has 29 heavy (non-hydrogen) atoms. The maximum atomic E-state index is 11.8. The van der Waals surface area contributed by atoms with Crippen LogP contribution >= 0.6 is 0 Å². The number of alkyl carbamates (subject to hydrolysis) is 1. The molecule has 162 valence electrons. The molecule has 3 atom stereocenters. The zero-order valence-electron chi connectivity index (χ0n) is 17.7. The van der Waals surface area contributed by atoms with Gasteiger partial charge in [-0.2, -0.15) is 0 Å². The van der Waals surface area contributed by atoms with Gasteiger partial charge in [-0.15, -0.1) is 0 Å². The van der Waals surface area contributed by atoms with Crippen LogP contribution in [0.4, 0.5) is 10.5 Å². The van der Waals surface area contributed by atoms with Crippen molar-refractivity contribution in [1.82, 2.24) is 5.32 Å². The fraction of sp³-hybridized carbons (Fsp3) is 0.619. The lowest BCUT2D eigenvalue weighted by molar-refractivity contribution is -0.384. The highest BCUT2D eigenvalue weighted by Gasteiger charge is 2.19. The number of non-ortho nitro benzene ring substituents is 1. The Morgan fingerprint density at radius 1 is 1.10 bits per heavy atom. The third kappa shape index (κ3) is 9.40. The highest BCUT2D eigenvalue weighted by molar-refractivity contribution is 5.72. The lowest BCUT2D eigenvalue weighted by Gasteiger charge is -2.24. The molecular weight excluding hydrogens is 376 g/mol. The van der Waals surface area contributed by atoms with Gasteiger partial charge < -0.3 is 14.8 Å². The van der Waals surface area contributed by atoms with E-state index in [9.17, 15) is 19.7 Å². The number of hydrogen-bond acceptors (Lipinski definition) is 6. The van der Waals surface area contributed by atoms with E-state index in [2.05, 4.69) is 33.0 Å². The summed E-state index contributed by atoms with van der Waals surface area (Å²) in [6.45, 7) is 9.42. The lowest BCUT2D eigenvalue weighted by atomic mass is 9.84. The number of nitro benzene ring substituents is 1. The van der Waals surface area contributed by atoms with Gasteiger partial charge in [0, 0.05) is 25.1 Å². The van der Waals surface area contributed by atoms with Crippen molar-refractivity contribution < 1.29 is 24.0 Å². The number of unbranched alkanes of at least 4 members (excludes halogenated alkanes) is 1. The van der Waals surface area contributed by atoms with Gasteiger partial charge >= 0.3 is 12.1 Å². The van der Waals surface area contributed by atoms with Crippen molar-refractivity contribution in [2.24, 2.45) is 17.8 Å². The molecule has 0 saturated carbocycles. The average Bonchev–Trinajstić information content (AvgIpc) is 2.70. The summed E-state index contributed by atoms with van der Waals surface area (Å²) in [6, 6.07) is 5.33. The van der Waals surface area contributed by atoms with Crippen LogP contribution in [-0.4, -0.2) is 30.1 Å². The molecular formula is C21H32N2O6. The molecule has 0 aliphatic carbocycles. The van der Waals surface area contributed by atoms with Crippen LogP contribution in [-0.2, 0) is 9.53 Å². The third-order valence-corrected chi connectivity index (χ3v) is 5.27. The highest BCUT2D eigenvalue weighted by atomic mass is 16.6. The molecule has 8 nitrogen and oxygen atoms in total. The first-order valence-corrected chi connectivity index (χ1v) is 10.1. The van der Waals surface area contributed by atoms with E-state index in [0.29, 0.717) is 43.7 Å². The predicted octanol–water partition coefficient (Wildman–Crippen LogP) is 4.72. The summed E-state index contributed by atoms with van der Waals surface area (Å²) in [7, 11) is 0. The van der Waals surface area contributed by atoms with E-state index in [1.165, 1.54) is 24.3 Å². The predicted molar refractivity (Wildman–Crippen MR) is 110 cm³/mol. The summed E-state index contributed by atoms with van der Waals surface area (Å²) in [6.07, 6.45) is 2.01.